The fraction of sp³-hybridized carbons (Fsp3) is 0.577. The number of fused-ring (bicyclic) bond motifs is 1. The standard InChI is InChI=1S/C26H29Cl2FN4O2/c1-24-7-15-8-25(12-24,14-26(28,9-15)13-24)10-20(34)32-4-5-33-19(11-32)21(23(30)35)22(31-33)16-2-3-18(29)17(27)6-16/h2-3,6,15H,4-5,7-14H2,1H3,(H2,30,35). The first-order valence-corrected chi connectivity index (χ1v) is 13.0. The molecule has 0 radical (unpaired) electrons. The number of halogens is 3. The number of benzene rings is 1. The van der Waals surface area contributed by atoms with Crippen molar-refractivity contribution >= 4 is 35.0 Å². The molecular weight excluding hydrogens is 490 g/mol. The van der Waals surface area contributed by atoms with E-state index in [4.69, 9.17) is 28.9 Å². The van der Waals surface area contributed by atoms with Crippen molar-refractivity contribution < 1.29 is 14.0 Å². The summed E-state index contributed by atoms with van der Waals surface area (Å²) in [5, 5.41) is 4.53. The lowest BCUT2D eigenvalue weighted by Gasteiger charge is -2.64. The quantitative estimate of drug-likeness (QED) is 0.568. The topological polar surface area (TPSA) is 81.2 Å². The molecule has 4 aliphatic carbocycles. The van der Waals surface area contributed by atoms with Gasteiger partial charge in [0.15, 0.2) is 0 Å². The van der Waals surface area contributed by atoms with Crippen LogP contribution in [0.5, 0.6) is 0 Å². The summed E-state index contributed by atoms with van der Waals surface area (Å²) in [6, 6.07) is 4.21. The Morgan fingerprint density at radius 1 is 1.20 bits per heavy atom. The number of carbonyl (C=O) groups excluding carboxylic acids is 2. The van der Waals surface area contributed by atoms with E-state index in [1.54, 1.807) is 4.68 Å². The minimum Gasteiger partial charge on any atom is -0.365 e. The molecule has 9 heteroatoms. The Labute approximate surface area is 213 Å². The average molecular weight is 519 g/mol. The van der Waals surface area contributed by atoms with Crippen LogP contribution in [0.3, 0.4) is 0 Å². The Kier molecular flexibility index (Phi) is 5.12. The zero-order valence-corrected chi connectivity index (χ0v) is 21.3. The number of hydrogen-bond acceptors (Lipinski definition) is 3. The Morgan fingerprint density at radius 3 is 2.69 bits per heavy atom. The van der Waals surface area contributed by atoms with Gasteiger partial charge in [-0.1, -0.05) is 18.5 Å². The first-order chi connectivity index (χ1) is 16.5. The average Bonchev–Trinajstić information content (AvgIpc) is 3.11. The summed E-state index contributed by atoms with van der Waals surface area (Å²) in [5.74, 6) is -0.468. The van der Waals surface area contributed by atoms with Gasteiger partial charge in [0.1, 0.15) is 11.5 Å². The Hall–Kier alpha value is -2.12. The van der Waals surface area contributed by atoms with Crippen LogP contribution in [0.4, 0.5) is 4.39 Å². The zero-order valence-electron chi connectivity index (χ0n) is 19.7. The molecule has 2 heterocycles. The predicted molar refractivity (Wildman–Crippen MR) is 131 cm³/mol. The van der Waals surface area contributed by atoms with Gasteiger partial charge in [0.2, 0.25) is 5.91 Å². The van der Waals surface area contributed by atoms with Crippen molar-refractivity contribution in [3.05, 3.63) is 40.3 Å². The third-order valence-corrected chi connectivity index (χ3v) is 9.40. The molecule has 1 aromatic heterocycles. The highest BCUT2D eigenvalue weighted by atomic mass is 35.5. The molecule has 4 fully saturated rings. The van der Waals surface area contributed by atoms with E-state index in [-0.39, 0.29) is 38.7 Å². The summed E-state index contributed by atoms with van der Waals surface area (Å²) in [6.45, 7) is 3.58. The van der Waals surface area contributed by atoms with E-state index < -0.39 is 11.7 Å². The number of hydrogen-bond donors (Lipinski definition) is 1. The van der Waals surface area contributed by atoms with Crippen molar-refractivity contribution in [2.75, 3.05) is 6.54 Å². The fourth-order valence-corrected chi connectivity index (χ4v) is 9.28. The van der Waals surface area contributed by atoms with E-state index in [2.05, 4.69) is 12.0 Å². The molecule has 4 saturated carbocycles. The number of primary amides is 1. The third kappa shape index (κ3) is 3.86. The number of nitrogens with two attached hydrogens (primary N) is 1. The molecule has 4 unspecified atom stereocenters. The van der Waals surface area contributed by atoms with Gasteiger partial charge < -0.3 is 10.6 Å². The summed E-state index contributed by atoms with van der Waals surface area (Å²) in [6.07, 6.45) is 6.89. The van der Waals surface area contributed by atoms with E-state index in [9.17, 15) is 14.0 Å². The molecule has 1 aromatic carbocycles. The molecular formula is C26H29Cl2FN4O2. The monoisotopic (exact) mass is 518 g/mol. The molecule has 6 nitrogen and oxygen atoms in total. The molecule has 1 aliphatic heterocycles. The van der Waals surface area contributed by atoms with Gasteiger partial charge in [-0.15, -0.1) is 11.6 Å². The van der Waals surface area contributed by atoms with Crippen LogP contribution in [0.1, 0.15) is 67.9 Å². The molecule has 0 spiro atoms. The minimum atomic E-state index is -0.630. The van der Waals surface area contributed by atoms with Crippen molar-refractivity contribution in [1.29, 1.82) is 0 Å². The van der Waals surface area contributed by atoms with Crippen molar-refractivity contribution in [2.24, 2.45) is 22.5 Å². The second-order valence-corrected chi connectivity index (χ2v) is 13.1. The van der Waals surface area contributed by atoms with Crippen LogP contribution in [0, 0.1) is 22.6 Å². The predicted octanol–water partition coefficient (Wildman–Crippen LogP) is 5.14. The van der Waals surface area contributed by atoms with Gasteiger partial charge in [-0.25, -0.2) is 4.39 Å². The summed E-state index contributed by atoms with van der Waals surface area (Å²) in [7, 11) is 0. The van der Waals surface area contributed by atoms with Gasteiger partial charge in [-0.05, 0) is 73.5 Å². The number of carbonyl (C=O) groups is 2. The molecule has 5 aliphatic rings. The number of aromatic nitrogens is 2. The largest absolute Gasteiger partial charge is 0.365 e. The molecule has 2 N–H and O–H groups in total. The molecule has 186 valence electrons. The number of amides is 2. The molecule has 7 rings (SSSR count). The van der Waals surface area contributed by atoms with Crippen LogP contribution in [-0.4, -0.2) is 37.9 Å². The number of rotatable bonds is 4. The maximum absolute atomic E-state index is 13.7. The first kappa shape index (κ1) is 23.3. The minimum absolute atomic E-state index is 0.0345. The van der Waals surface area contributed by atoms with Crippen LogP contribution < -0.4 is 5.73 Å². The molecule has 2 aromatic rings. The van der Waals surface area contributed by atoms with Crippen LogP contribution in [0.25, 0.3) is 11.3 Å². The smallest absolute Gasteiger partial charge is 0.252 e. The molecule has 0 saturated heterocycles. The van der Waals surface area contributed by atoms with Gasteiger partial charge in [-0.3, -0.25) is 14.3 Å². The van der Waals surface area contributed by atoms with Crippen LogP contribution in [0.15, 0.2) is 18.2 Å². The first-order valence-electron chi connectivity index (χ1n) is 12.3. The molecule has 4 bridgehead atoms. The van der Waals surface area contributed by atoms with Gasteiger partial charge in [-0.2, -0.15) is 5.10 Å². The Morgan fingerprint density at radius 2 is 2.00 bits per heavy atom. The van der Waals surface area contributed by atoms with Crippen LogP contribution in [0.2, 0.25) is 5.02 Å². The zero-order chi connectivity index (χ0) is 24.8. The highest BCUT2D eigenvalue weighted by Crippen LogP contribution is 2.69. The van der Waals surface area contributed by atoms with Gasteiger partial charge >= 0.3 is 0 Å². The van der Waals surface area contributed by atoms with E-state index in [1.807, 2.05) is 4.90 Å². The lowest BCUT2D eigenvalue weighted by atomic mass is 9.43. The van der Waals surface area contributed by atoms with Gasteiger partial charge in [0.25, 0.3) is 5.91 Å². The van der Waals surface area contributed by atoms with E-state index >= 15 is 0 Å². The van der Waals surface area contributed by atoms with Crippen molar-refractivity contribution in [2.45, 2.75) is 69.8 Å². The number of nitrogens with zero attached hydrogens (tertiary/aromatic N) is 3. The van der Waals surface area contributed by atoms with Crippen molar-refractivity contribution in [3.63, 3.8) is 0 Å². The second-order valence-electron chi connectivity index (χ2n) is 11.8. The lowest BCUT2D eigenvalue weighted by Crippen LogP contribution is -2.58. The highest BCUT2D eigenvalue weighted by molar-refractivity contribution is 6.31. The Bertz CT molecular complexity index is 1240. The second kappa shape index (κ2) is 7.69. The number of alkyl halides is 1. The summed E-state index contributed by atoms with van der Waals surface area (Å²) in [4.78, 5) is 27.7. The molecule has 4 atom stereocenters. The van der Waals surface area contributed by atoms with Gasteiger partial charge in [0, 0.05) is 23.4 Å². The van der Waals surface area contributed by atoms with E-state index in [1.165, 1.54) is 24.6 Å². The van der Waals surface area contributed by atoms with Crippen molar-refractivity contribution in [1.82, 2.24) is 14.7 Å². The normalized spacial score (nSPS) is 33.1. The van der Waals surface area contributed by atoms with E-state index in [0.29, 0.717) is 42.4 Å². The lowest BCUT2D eigenvalue weighted by molar-refractivity contribution is -0.144. The molecule has 2 amide bonds. The van der Waals surface area contributed by atoms with Crippen LogP contribution >= 0.6 is 23.2 Å². The van der Waals surface area contributed by atoms with Crippen molar-refractivity contribution in [3.8, 4) is 11.3 Å². The summed E-state index contributed by atoms with van der Waals surface area (Å²) < 4.78 is 15.4. The maximum atomic E-state index is 13.7. The SMILES string of the molecule is CC12CC3CC(Cl)(C1)CC(CC(=O)N1CCn4nc(-c5ccc(F)c(Cl)c5)c(C(N)=O)c4C1)(C3)C2. The highest BCUT2D eigenvalue weighted by Gasteiger charge is 2.61. The van der Waals surface area contributed by atoms with Gasteiger partial charge in [0.05, 0.1) is 29.4 Å². The molecule has 35 heavy (non-hydrogen) atoms. The summed E-state index contributed by atoms with van der Waals surface area (Å²) >= 11 is 13.0. The van der Waals surface area contributed by atoms with Crippen LogP contribution in [-0.2, 0) is 17.9 Å². The summed E-state index contributed by atoms with van der Waals surface area (Å²) in [5.41, 5.74) is 7.69. The third-order valence-electron chi connectivity index (χ3n) is 8.69. The van der Waals surface area contributed by atoms with E-state index in [0.717, 1.165) is 32.1 Å². The fourth-order valence-electron chi connectivity index (χ4n) is 8.27. The Balaban J connectivity index is 1.27. The maximum Gasteiger partial charge on any atom is 0.252 e.